The van der Waals surface area contributed by atoms with Crippen molar-refractivity contribution in [2.45, 2.75) is 26.4 Å². The van der Waals surface area contributed by atoms with Gasteiger partial charge in [0, 0.05) is 54.4 Å². The number of hydrogen-bond acceptors (Lipinski definition) is 7. The number of aromatic nitrogens is 2. The average molecular weight is 449 g/mol. The molecule has 0 bridgehead atoms. The second-order valence-corrected chi connectivity index (χ2v) is 8.37. The normalized spacial score (nSPS) is 19.8. The third kappa shape index (κ3) is 5.05. The van der Waals surface area contributed by atoms with E-state index in [-0.39, 0.29) is 6.54 Å². The van der Waals surface area contributed by atoms with E-state index >= 15 is 0 Å². The molecule has 2 saturated heterocycles. The van der Waals surface area contributed by atoms with Crippen LogP contribution < -0.4 is 15.8 Å². The summed E-state index contributed by atoms with van der Waals surface area (Å²) in [4.78, 5) is 4.77. The molecule has 33 heavy (non-hydrogen) atoms. The first kappa shape index (κ1) is 22.9. The molecule has 1 unspecified atom stereocenters. The molecule has 2 fully saturated rings. The Kier molecular flexibility index (Phi) is 7.02. The summed E-state index contributed by atoms with van der Waals surface area (Å²) in [6.45, 7) is 13.8. The maximum atomic E-state index is 14.4. The van der Waals surface area contributed by atoms with Crippen molar-refractivity contribution in [2.24, 2.45) is 0 Å². The van der Waals surface area contributed by atoms with Gasteiger partial charge in [0.1, 0.15) is 5.82 Å². The van der Waals surface area contributed by atoms with Gasteiger partial charge in [0.2, 0.25) is 0 Å². The number of fused-ring (bicyclic) bond motifs is 1. The van der Waals surface area contributed by atoms with E-state index in [1.165, 1.54) is 6.07 Å². The van der Waals surface area contributed by atoms with E-state index in [9.17, 15) is 4.39 Å². The van der Waals surface area contributed by atoms with E-state index in [2.05, 4.69) is 31.9 Å². The van der Waals surface area contributed by atoms with Gasteiger partial charge in [-0.1, -0.05) is 18.7 Å². The van der Waals surface area contributed by atoms with Gasteiger partial charge in [-0.05, 0) is 32.1 Å². The molecule has 4 rings (SSSR count). The molecular weight excluding hydrogens is 419 g/mol. The molecule has 1 aromatic carbocycles. The Hall–Kier alpha value is -3.28. The lowest BCUT2D eigenvalue weighted by molar-refractivity contribution is -0.0372. The molecule has 0 saturated carbocycles. The molecule has 2 aromatic rings. The first-order chi connectivity index (χ1) is 16.0. The van der Waals surface area contributed by atoms with Crippen molar-refractivity contribution in [3.05, 3.63) is 63.6 Å². The molecular formula is C25H29FN6O. The van der Waals surface area contributed by atoms with Gasteiger partial charge in [0.05, 0.1) is 36.6 Å². The van der Waals surface area contributed by atoms with Crippen LogP contribution in [-0.4, -0.2) is 65.4 Å². The number of rotatable bonds is 5. The number of halogens is 1. The number of nitrogens with one attached hydrogen (secondary N) is 1. The molecule has 172 valence electrons. The van der Waals surface area contributed by atoms with Crippen LogP contribution in [0.25, 0.3) is 12.2 Å². The third-order valence-electron chi connectivity index (χ3n) is 6.31. The molecule has 7 nitrogen and oxygen atoms in total. The topological polar surface area (TPSA) is 77.3 Å². The number of allylic oxidation sites excluding steroid dienone is 1. The highest BCUT2D eigenvalue weighted by Gasteiger charge is 2.29. The highest BCUT2D eigenvalue weighted by atomic mass is 19.1. The number of ether oxygens (including phenoxy) is 1. The van der Waals surface area contributed by atoms with Crippen LogP contribution in [0.1, 0.15) is 23.7 Å². The molecule has 1 aromatic heterocycles. The lowest BCUT2D eigenvalue weighted by atomic mass is 10.1. The number of nitriles is 1. The van der Waals surface area contributed by atoms with Crippen molar-refractivity contribution >= 4 is 18.0 Å². The van der Waals surface area contributed by atoms with Crippen molar-refractivity contribution in [1.82, 2.24) is 20.0 Å². The zero-order valence-corrected chi connectivity index (χ0v) is 19.1. The molecule has 0 radical (unpaired) electrons. The smallest absolute Gasteiger partial charge is 0.156 e. The summed E-state index contributed by atoms with van der Waals surface area (Å²) >= 11 is 0. The van der Waals surface area contributed by atoms with Gasteiger partial charge in [0.25, 0.3) is 0 Å². The van der Waals surface area contributed by atoms with Crippen molar-refractivity contribution in [1.29, 1.82) is 5.26 Å². The van der Waals surface area contributed by atoms with Crippen molar-refractivity contribution in [3.8, 4) is 6.07 Å². The van der Waals surface area contributed by atoms with Crippen LogP contribution in [0.4, 0.5) is 10.2 Å². The Balaban J connectivity index is 1.60. The van der Waals surface area contributed by atoms with Gasteiger partial charge in [-0.25, -0.2) is 4.39 Å². The molecule has 8 heteroatoms. The van der Waals surface area contributed by atoms with Gasteiger partial charge in [-0.2, -0.15) is 10.4 Å². The van der Waals surface area contributed by atoms with Crippen LogP contribution in [-0.2, 0) is 11.3 Å². The maximum absolute atomic E-state index is 14.4. The largest absolute Gasteiger partial charge is 0.378 e. The fourth-order valence-electron chi connectivity index (χ4n) is 4.40. The number of piperazine rings is 1. The lowest BCUT2D eigenvalue weighted by Crippen LogP contribution is -2.57. The Labute approximate surface area is 193 Å². The zero-order chi connectivity index (χ0) is 23.4. The SMILES string of the molecule is C=C(/C=c1/c(NCc2ccc(C#N)cc2F)nnc(C)/c1=C/C)N1CCN2CCOCC2C1. The zero-order valence-electron chi connectivity index (χ0n) is 19.1. The third-order valence-corrected chi connectivity index (χ3v) is 6.31. The number of anilines is 1. The number of benzene rings is 1. The van der Waals surface area contributed by atoms with Gasteiger partial charge in [0.15, 0.2) is 5.82 Å². The van der Waals surface area contributed by atoms with Crippen molar-refractivity contribution < 1.29 is 9.13 Å². The monoisotopic (exact) mass is 448 g/mol. The number of nitrogens with zero attached hydrogens (tertiary/aromatic N) is 5. The van der Waals surface area contributed by atoms with Crippen LogP contribution in [0.2, 0.25) is 0 Å². The summed E-state index contributed by atoms with van der Waals surface area (Å²) < 4.78 is 20.0. The Bertz CT molecular complexity index is 1200. The van der Waals surface area contributed by atoms with E-state index < -0.39 is 5.82 Å². The second-order valence-electron chi connectivity index (χ2n) is 8.37. The van der Waals surface area contributed by atoms with Gasteiger partial charge < -0.3 is 15.0 Å². The lowest BCUT2D eigenvalue weighted by Gasteiger charge is -2.44. The Morgan fingerprint density at radius 2 is 2.18 bits per heavy atom. The summed E-state index contributed by atoms with van der Waals surface area (Å²) in [7, 11) is 0. The molecule has 0 spiro atoms. The minimum absolute atomic E-state index is 0.226. The summed E-state index contributed by atoms with van der Waals surface area (Å²) in [5.74, 6) is 0.143. The standard InChI is InChI=1S/C25H29FN6O/c1-4-22-18(3)29-30-25(28-14-20-6-5-19(13-27)12-24(20)26)23(22)11-17(2)32-8-7-31-9-10-33-16-21(31)15-32/h4-6,11-12,21H,2,7-10,14-16H2,1,3H3,(H,28,30)/b22-4-,23-11+. The first-order valence-corrected chi connectivity index (χ1v) is 11.2. The highest BCUT2D eigenvalue weighted by Crippen LogP contribution is 2.17. The fraction of sp³-hybridized carbons (Fsp3) is 0.400. The number of aryl methyl sites for hydroxylation is 1. The summed E-state index contributed by atoms with van der Waals surface area (Å²) in [5, 5.41) is 22.7. The van der Waals surface area contributed by atoms with E-state index in [0.29, 0.717) is 23.0 Å². The summed E-state index contributed by atoms with van der Waals surface area (Å²) in [6, 6.07) is 6.79. The quantitative estimate of drug-likeness (QED) is 0.743. The Morgan fingerprint density at radius 3 is 2.94 bits per heavy atom. The van der Waals surface area contributed by atoms with E-state index in [0.717, 1.165) is 61.2 Å². The van der Waals surface area contributed by atoms with Crippen LogP contribution in [0.5, 0.6) is 0 Å². The first-order valence-electron chi connectivity index (χ1n) is 11.2. The number of hydrogen-bond donors (Lipinski definition) is 1. The molecule has 2 aliphatic rings. The minimum Gasteiger partial charge on any atom is -0.378 e. The highest BCUT2D eigenvalue weighted by molar-refractivity contribution is 5.54. The van der Waals surface area contributed by atoms with Gasteiger partial charge >= 0.3 is 0 Å². The van der Waals surface area contributed by atoms with Gasteiger partial charge in [-0.15, -0.1) is 5.10 Å². The fourth-order valence-corrected chi connectivity index (χ4v) is 4.40. The minimum atomic E-state index is -0.425. The average Bonchev–Trinajstić information content (AvgIpc) is 2.84. The van der Waals surface area contributed by atoms with E-state index in [4.69, 9.17) is 10.00 Å². The van der Waals surface area contributed by atoms with Crippen LogP contribution in [0, 0.1) is 24.1 Å². The van der Waals surface area contributed by atoms with E-state index in [1.54, 1.807) is 12.1 Å². The van der Waals surface area contributed by atoms with E-state index in [1.807, 2.05) is 32.1 Å². The molecule has 0 amide bonds. The summed E-state index contributed by atoms with van der Waals surface area (Å²) in [6.07, 6.45) is 4.04. The molecule has 1 atom stereocenters. The molecule has 2 aliphatic heterocycles. The molecule has 0 aliphatic carbocycles. The maximum Gasteiger partial charge on any atom is 0.156 e. The Morgan fingerprint density at radius 1 is 1.33 bits per heavy atom. The van der Waals surface area contributed by atoms with Crippen molar-refractivity contribution in [2.75, 3.05) is 44.7 Å². The van der Waals surface area contributed by atoms with Crippen molar-refractivity contribution in [3.63, 3.8) is 0 Å². The van der Waals surface area contributed by atoms with Crippen LogP contribution in [0.15, 0.2) is 30.5 Å². The predicted octanol–water partition coefficient (Wildman–Crippen LogP) is 1.52. The summed E-state index contributed by atoms with van der Waals surface area (Å²) in [5.41, 5.74) is 2.47. The number of morpholine rings is 1. The van der Waals surface area contributed by atoms with Gasteiger partial charge in [-0.3, -0.25) is 4.90 Å². The second kappa shape index (κ2) is 10.1. The molecule has 1 N–H and O–H groups in total. The van der Waals surface area contributed by atoms with Crippen LogP contribution >= 0.6 is 0 Å². The predicted molar refractivity (Wildman–Crippen MR) is 126 cm³/mol. The van der Waals surface area contributed by atoms with Crippen LogP contribution in [0.3, 0.4) is 0 Å². The molecule has 3 heterocycles.